The predicted octanol–water partition coefficient (Wildman–Crippen LogP) is 4.72. The van der Waals surface area contributed by atoms with Crippen LogP contribution >= 0.6 is 15.9 Å². The van der Waals surface area contributed by atoms with Crippen molar-refractivity contribution >= 4 is 45.5 Å². The van der Waals surface area contributed by atoms with Gasteiger partial charge >= 0.3 is 6.03 Å². The maximum Gasteiger partial charge on any atom is 0.335 e. The highest BCUT2D eigenvalue weighted by Gasteiger charge is 2.37. The third kappa shape index (κ3) is 6.00. The van der Waals surface area contributed by atoms with Crippen molar-refractivity contribution in [2.75, 3.05) is 18.6 Å². The van der Waals surface area contributed by atoms with Crippen LogP contribution in [0.4, 0.5) is 10.5 Å². The average Bonchev–Trinajstić information content (AvgIpc) is 2.90. The Kier molecular flexibility index (Phi) is 7.91. The van der Waals surface area contributed by atoms with E-state index >= 15 is 0 Å². The second-order valence-corrected chi connectivity index (χ2v) is 8.68. The van der Waals surface area contributed by atoms with E-state index in [2.05, 4.69) is 27.2 Å². The lowest BCUT2D eigenvalue weighted by Gasteiger charge is -2.26. The monoisotopic (exact) mass is 560 g/mol. The summed E-state index contributed by atoms with van der Waals surface area (Å²) in [4.78, 5) is 39.3. The summed E-state index contributed by atoms with van der Waals surface area (Å²) in [5.74, 6) is 2.15. The smallest absolute Gasteiger partial charge is 0.335 e. The molecule has 0 aromatic heterocycles. The van der Waals surface area contributed by atoms with Crippen LogP contribution in [-0.2, 0) is 16.2 Å². The van der Waals surface area contributed by atoms with E-state index in [-0.39, 0.29) is 17.9 Å². The van der Waals surface area contributed by atoms with E-state index in [1.54, 1.807) is 42.5 Å². The van der Waals surface area contributed by atoms with Crippen molar-refractivity contribution in [3.05, 3.63) is 87.9 Å². The van der Waals surface area contributed by atoms with Crippen molar-refractivity contribution in [1.82, 2.24) is 5.32 Å². The first-order valence-corrected chi connectivity index (χ1v) is 11.8. The summed E-state index contributed by atoms with van der Waals surface area (Å²) in [6.07, 6.45) is 6.64. The molecule has 0 saturated carbocycles. The molecule has 1 heterocycles. The number of hydrogen-bond donors (Lipinski definition) is 1. The number of benzene rings is 3. The summed E-state index contributed by atoms with van der Waals surface area (Å²) in [5.41, 5.74) is 1.43. The Morgan fingerprint density at radius 3 is 2.35 bits per heavy atom. The van der Waals surface area contributed by atoms with Gasteiger partial charge in [0.1, 0.15) is 36.0 Å². The molecule has 4 amide bonds. The van der Waals surface area contributed by atoms with Gasteiger partial charge in [-0.2, -0.15) is 0 Å². The molecule has 186 valence electrons. The first kappa shape index (κ1) is 25.5. The fourth-order valence-electron chi connectivity index (χ4n) is 3.49. The topological polar surface area (TPSA) is 94.2 Å². The lowest BCUT2D eigenvalue weighted by Crippen LogP contribution is -2.54. The lowest BCUT2D eigenvalue weighted by atomic mass is 10.1. The average molecular weight is 561 g/mol. The van der Waals surface area contributed by atoms with Crippen molar-refractivity contribution in [3.8, 4) is 29.6 Å². The summed E-state index contributed by atoms with van der Waals surface area (Å²) in [6.45, 7) is 0.327. The number of methoxy groups -OCH3 is 1. The molecule has 0 spiro atoms. The zero-order valence-corrected chi connectivity index (χ0v) is 21.3. The summed E-state index contributed by atoms with van der Waals surface area (Å²) < 4.78 is 17.5. The van der Waals surface area contributed by atoms with Crippen LogP contribution in [0.1, 0.15) is 11.1 Å². The van der Waals surface area contributed by atoms with E-state index in [0.717, 1.165) is 14.9 Å². The Bertz CT molecular complexity index is 1410. The Labute approximate surface area is 222 Å². The Morgan fingerprint density at radius 1 is 0.973 bits per heavy atom. The second kappa shape index (κ2) is 11.5. The van der Waals surface area contributed by atoms with Crippen molar-refractivity contribution < 1.29 is 28.6 Å². The number of rotatable bonds is 8. The third-order valence-electron chi connectivity index (χ3n) is 5.35. The number of halogens is 1. The van der Waals surface area contributed by atoms with Gasteiger partial charge in [-0.05, 0) is 60.2 Å². The van der Waals surface area contributed by atoms with E-state index in [0.29, 0.717) is 29.4 Å². The number of nitrogens with one attached hydrogen (secondary N) is 1. The highest BCUT2D eigenvalue weighted by Crippen LogP contribution is 2.29. The number of hydrogen-bond acceptors (Lipinski definition) is 6. The van der Waals surface area contributed by atoms with Crippen LogP contribution in [0, 0.1) is 12.3 Å². The largest absolute Gasteiger partial charge is 0.497 e. The van der Waals surface area contributed by atoms with Crippen LogP contribution in [0.15, 0.2) is 76.8 Å². The van der Waals surface area contributed by atoms with E-state index in [9.17, 15) is 14.4 Å². The van der Waals surface area contributed by atoms with Crippen LogP contribution in [-0.4, -0.2) is 31.6 Å². The molecule has 4 rings (SSSR count). The molecular formula is C28H21BrN2O6. The number of carbonyl (C=O) groups is 3. The van der Waals surface area contributed by atoms with Crippen molar-refractivity contribution in [2.45, 2.75) is 6.61 Å². The number of barbiturate groups is 1. The number of ether oxygens (including phenoxy) is 3. The van der Waals surface area contributed by atoms with Crippen molar-refractivity contribution in [3.63, 3.8) is 0 Å². The van der Waals surface area contributed by atoms with Crippen molar-refractivity contribution in [1.29, 1.82) is 0 Å². The summed E-state index contributed by atoms with van der Waals surface area (Å²) >= 11 is 3.39. The number of imide groups is 2. The molecule has 3 aromatic rings. The minimum Gasteiger partial charge on any atom is -0.497 e. The third-order valence-corrected chi connectivity index (χ3v) is 5.88. The van der Waals surface area contributed by atoms with Gasteiger partial charge in [0.25, 0.3) is 11.8 Å². The van der Waals surface area contributed by atoms with E-state index < -0.39 is 17.8 Å². The van der Waals surface area contributed by atoms with E-state index in [1.807, 2.05) is 24.3 Å². The molecule has 1 aliphatic heterocycles. The highest BCUT2D eigenvalue weighted by molar-refractivity contribution is 9.10. The standard InChI is InChI=1S/C28H21BrN2O6/c1-3-14-36-25-16-23(35-2)11-6-19(25)15-24-26(32)30-28(34)31(27(24)33)21-9-12-22(13-10-21)37-17-18-4-7-20(29)8-5-18/h1,4-13,15-16H,14,17H2,2H3,(H,30,32,34)/b24-15+. The van der Waals surface area contributed by atoms with E-state index in [4.69, 9.17) is 20.6 Å². The first-order chi connectivity index (χ1) is 17.9. The SMILES string of the molecule is C#CCOc1cc(OC)ccc1/C=C1\C(=O)NC(=O)N(c2ccc(OCc3ccc(Br)cc3)cc2)C1=O. The molecule has 0 unspecified atom stereocenters. The van der Waals surface area contributed by atoms with Gasteiger partial charge in [0.15, 0.2) is 0 Å². The molecule has 1 N–H and O–H groups in total. The first-order valence-electron chi connectivity index (χ1n) is 11.0. The Balaban J connectivity index is 1.56. The number of nitrogens with zero attached hydrogens (tertiary/aromatic N) is 1. The molecule has 0 atom stereocenters. The van der Waals surface area contributed by atoms with Crippen LogP contribution < -0.4 is 24.4 Å². The second-order valence-electron chi connectivity index (χ2n) is 7.76. The maximum atomic E-state index is 13.3. The highest BCUT2D eigenvalue weighted by atomic mass is 79.9. The van der Waals surface area contributed by atoms with Gasteiger partial charge in [0.05, 0.1) is 12.8 Å². The summed E-state index contributed by atoms with van der Waals surface area (Å²) in [5, 5.41) is 2.21. The fraction of sp³-hybridized carbons (Fsp3) is 0.107. The molecule has 0 aliphatic carbocycles. The van der Waals surface area contributed by atoms with Crippen LogP contribution in [0.2, 0.25) is 0 Å². The molecule has 1 saturated heterocycles. The Morgan fingerprint density at radius 2 is 1.68 bits per heavy atom. The maximum absolute atomic E-state index is 13.3. The summed E-state index contributed by atoms with van der Waals surface area (Å²) in [6, 6.07) is 18.1. The van der Waals surface area contributed by atoms with Gasteiger partial charge in [0, 0.05) is 16.1 Å². The molecule has 9 heteroatoms. The molecule has 37 heavy (non-hydrogen) atoms. The number of urea groups is 1. The molecule has 0 bridgehead atoms. The van der Waals surface area contributed by atoms with Crippen LogP contribution in [0.25, 0.3) is 6.08 Å². The van der Waals surface area contributed by atoms with Gasteiger partial charge in [0.2, 0.25) is 0 Å². The minimum absolute atomic E-state index is 0.0235. The molecule has 1 aliphatic rings. The van der Waals surface area contributed by atoms with Crippen LogP contribution in [0.5, 0.6) is 17.2 Å². The molecule has 0 radical (unpaired) electrons. The van der Waals surface area contributed by atoms with Gasteiger partial charge < -0.3 is 14.2 Å². The fourth-order valence-corrected chi connectivity index (χ4v) is 3.76. The lowest BCUT2D eigenvalue weighted by molar-refractivity contribution is -0.122. The molecule has 1 fully saturated rings. The molecule has 8 nitrogen and oxygen atoms in total. The predicted molar refractivity (Wildman–Crippen MR) is 141 cm³/mol. The summed E-state index contributed by atoms with van der Waals surface area (Å²) in [7, 11) is 1.50. The molecular weight excluding hydrogens is 540 g/mol. The quantitative estimate of drug-likeness (QED) is 0.243. The number of carbonyl (C=O) groups excluding carboxylic acids is 3. The number of terminal acetylenes is 1. The molecule has 3 aromatic carbocycles. The number of anilines is 1. The van der Waals surface area contributed by atoms with Gasteiger partial charge in [-0.3, -0.25) is 14.9 Å². The zero-order chi connectivity index (χ0) is 26.4. The van der Waals surface area contributed by atoms with Crippen molar-refractivity contribution in [2.24, 2.45) is 0 Å². The van der Waals surface area contributed by atoms with Gasteiger partial charge in [-0.1, -0.05) is 34.0 Å². The number of amides is 4. The normalized spacial score (nSPS) is 14.2. The minimum atomic E-state index is -0.853. The zero-order valence-electron chi connectivity index (χ0n) is 19.7. The van der Waals surface area contributed by atoms with Crippen LogP contribution in [0.3, 0.4) is 0 Å². The Hall–Kier alpha value is -4.55. The van der Waals surface area contributed by atoms with Gasteiger partial charge in [-0.15, -0.1) is 6.42 Å². The van der Waals surface area contributed by atoms with E-state index in [1.165, 1.54) is 13.2 Å². The van der Waals surface area contributed by atoms with Gasteiger partial charge in [-0.25, -0.2) is 9.69 Å².